The molecule has 0 saturated carbocycles. The van der Waals surface area contributed by atoms with Crippen LogP contribution in [0, 0.1) is 0 Å². The second-order valence-electron chi connectivity index (χ2n) is 5.19. The summed E-state index contributed by atoms with van der Waals surface area (Å²) in [5, 5.41) is 3.09. The number of hydrogen-bond acceptors (Lipinski definition) is 5. The van der Waals surface area contributed by atoms with Crippen molar-refractivity contribution in [1.82, 2.24) is 20.9 Å². The molecule has 0 bridgehead atoms. The van der Waals surface area contributed by atoms with Crippen LogP contribution in [0.1, 0.15) is 17.3 Å². The van der Waals surface area contributed by atoms with E-state index in [4.69, 9.17) is 28.6 Å². The van der Waals surface area contributed by atoms with Crippen molar-refractivity contribution in [2.24, 2.45) is 0 Å². The molecule has 0 aliphatic heterocycles. The third kappa shape index (κ3) is 6.89. The summed E-state index contributed by atoms with van der Waals surface area (Å²) in [5.74, 6) is -0.578. The fourth-order valence-corrected chi connectivity index (χ4v) is 3.61. The Hall–Kier alpha value is -1.72. The maximum atomic E-state index is 12.2. The number of hydrazine groups is 1. The predicted molar refractivity (Wildman–Crippen MR) is 105 cm³/mol. The lowest BCUT2D eigenvalue weighted by Gasteiger charge is -2.16. The van der Waals surface area contributed by atoms with Gasteiger partial charge in [0.15, 0.2) is 5.11 Å². The Labute approximate surface area is 163 Å². The second kappa shape index (κ2) is 10.4. The fraction of sp³-hybridized carbons (Fsp3) is 0.333. The van der Waals surface area contributed by atoms with Crippen LogP contribution >= 0.6 is 23.8 Å². The van der Waals surface area contributed by atoms with Crippen LogP contribution in [0.4, 0.5) is 0 Å². The molecule has 0 saturated heterocycles. The number of carbonyl (C=O) groups excluding carboxylic acids is 1. The molecule has 1 aromatic rings. The van der Waals surface area contributed by atoms with E-state index in [0.717, 1.165) is 0 Å². The van der Waals surface area contributed by atoms with Gasteiger partial charge in [0.05, 0.1) is 11.6 Å². The molecule has 0 aromatic heterocycles. The van der Waals surface area contributed by atoms with Crippen LogP contribution in [0.3, 0.4) is 0 Å². The van der Waals surface area contributed by atoms with Gasteiger partial charge in [-0.1, -0.05) is 17.7 Å². The number of rotatable bonds is 8. The van der Waals surface area contributed by atoms with Gasteiger partial charge < -0.3 is 10.1 Å². The molecular weight excluding hydrogens is 400 g/mol. The molecule has 4 N–H and O–H groups in total. The second-order valence-corrected chi connectivity index (χ2v) is 7.75. The zero-order valence-corrected chi connectivity index (χ0v) is 16.7. The largest absolute Gasteiger partial charge is 0.383 e. The number of carbonyl (C=O) groups is 1. The average molecular weight is 421 g/mol. The van der Waals surface area contributed by atoms with E-state index in [1.165, 1.54) is 24.3 Å². The van der Waals surface area contributed by atoms with Crippen molar-refractivity contribution in [3.05, 3.63) is 41.4 Å². The van der Waals surface area contributed by atoms with Gasteiger partial charge in [-0.3, -0.25) is 15.6 Å². The van der Waals surface area contributed by atoms with Gasteiger partial charge in [0.2, 0.25) is 10.0 Å². The minimum atomic E-state index is -3.87. The van der Waals surface area contributed by atoms with Crippen molar-refractivity contribution in [3.8, 4) is 0 Å². The molecule has 0 fully saturated rings. The Balaban J connectivity index is 2.80. The fourth-order valence-electron chi connectivity index (χ4n) is 1.83. The van der Waals surface area contributed by atoms with Crippen LogP contribution in [-0.2, 0) is 14.8 Å². The summed E-state index contributed by atoms with van der Waals surface area (Å²) in [6, 6.07) is 3.85. The van der Waals surface area contributed by atoms with E-state index in [1.54, 1.807) is 7.11 Å². The standard InChI is InChI=1S/C15H21ClN4O4S2/c1-4-7-17-26(22,23)13-8-11(5-6-12(13)16)14(21)19-20-15(25)18-10(2)9-24-3/h4-6,8,10,17H,1,7,9H2,2-3H3,(H,19,21)(H2,18,20,25)/t10-/m1/s1. The molecular formula is C15H21ClN4O4S2. The molecule has 0 heterocycles. The molecule has 0 aliphatic carbocycles. The number of hydrogen-bond donors (Lipinski definition) is 4. The number of benzene rings is 1. The maximum absolute atomic E-state index is 12.2. The first-order chi connectivity index (χ1) is 12.2. The van der Waals surface area contributed by atoms with Gasteiger partial charge in [0, 0.05) is 25.3 Å². The molecule has 0 aliphatic rings. The van der Waals surface area contributed by atoms with Crippen LogP contribution in [0.5, 0.6) is 0 Å². The van der Waals surface area contributed by atoms with Crippen molar-refractivity contribution in [2.75, 3.05) is 20.3 Å². The lowest BCUT2D eigenvalue weighted by atomic mass is 10.2. The average Bonchev–Trinajstić information content (AvgIpc) is 2.58. The number of sulfonamides is 1. The number of thiocarbonyl (C=S) groups is 1. The first-order valence-electron chi connectivity index (χ1n) is 7.47. The molecule has 1 aromatic carbocycles. The molecule has 0 unspecified atom stereocenters. The highest BCUT2D eigenvalue weighted by Gasteiger charge is 2.19. The molecule has 26 heavy (non-hydrogen) atoms. The normalized spacial score (nSPS) is 12.1. The molecule has 1 rings (SSSR count). The topological polar surface area (TPSA) is 109 Å². The quantitative estimate of drug-likeness (QED) is 0.281. The Morgan fingerprint density at radius 2 is 2.12 bits per heavy atom. The van der Waals surface area contributed by atoms with Crippen LogP contribution in [0.15, 0.2) is 35.7 Å². The maximum Gasteiger partial charge on any atom is 0.269 e. The Morgan fingerprint density at radius 1 is 1.42 bits per heavy atom. The lowest BCUT2D eigenvalue weighted by Crippen LogP contribution is -2.49. The monoisotopic (exact) mass is 420 g/mol. The van der Waals surface area contributed by atoms with Crippen molar-refractivity contribution < 1.29 is 17.9 Å². The van der Waals surface area contributed by atoms with E-state index in [9.17, 15) is 13.2 Å². The van der Waals surface area contributed by atoms with Gasteiger partial charge in [0.1, 0.15) is 4.90 Å². The molecule has 8 nitrogen and oxygen atoms in total. The van der Waals surface area contributed by atoms with Crippen molar-refractivity contribution >= 4 is 44.9 Å². The predicted octanol–water partition coefficient (Wildman–Crippen LogP) is 0.948. The highest BCUT2D eigenvalue weighted by Crippen LogP contribution is 2.22. The van der Waals surface area contributed by atoms with E-state index in [0.29, 0.717) is 6.61 Å². The third-order valence-corrected chi connectivity index (χ3v) is 5.11. The summed E-state index contributed by atoms with van der Waals surface area (Å²) in [5.41, 5.74) is 5.00. The van der Waals surface area contributed by atoms with Crippen molar-refractivity contribution in [2.45, 2.75) is 17.9 Å². The molecule has 1 atom stereocenters. The molecule has 11 heteroatoms. The van der Waals surface area contributed by atoms with Gasteiger partial charge >= 0.3 is 0 Å². The summed E-state index contributed by atoms with van der Waals surface area (Å²) in [4.78, 5) is 12.0. The Kier molecular flexibility index (Phi) is 8.96. The summed E-state index contributed by atoms with van der Waals surface area (Å²) < 4.78 is 31.7. The van der Waals surface area contributed by atoms with E-state index in [2.05, 4.69) is 27.5 Å². The first kappa shape index (κ1) is 22.3. The van der Waals surface area contributed by atoms with E-state index in [-0.39, 0.29) is 33.2 Å². The number of amides is 1. The van der Waals surface area contributed by atoms with Gasteiger partial charge in [-0.15, -0.1) is 6.58 Å². The number of nitrogens with one attached hydrogen (secondary N) is 4. The van der Waals surface area contributed by atoms with Crippen molar-refractivity contribution in [1.29, 1.82) is 0 Å². The minimum Gasteiger partial charge on any atom is -0.383 e. The van der Waals surface area contributed by atoms with Gasteiger partial charge in [-0.2, -0.15) is 0 Å². The van der Waals surface area contributed by atoms with E-state index < -0.39 is 15.9 Å². The summed E-state index contributed by atoms with van der Waals surface area (Å²) >= 11 is 11.0. The highest BCUT2D eigenvalue weighted by molar-refractivity contribution is 7.89. The first-order valence-corrected chi connectivity index (χ1v) is 9.74. The van der Waals surface area contributed by atoms with Crippen molar-refractivity contribution in [3.63, 3.8) is 0 Å². The minimum absolute atomic E-state index is 0.00310. The molecule has 0 radical (unpaired) electrons. The highest BCUT2D eigenvalue weighted by atomic mass is 35.5. The zero-order valence-electron chi connectivity index (χ0n) is 14.3. The van der Waals surface area contributed by atoms with Crippen LogP contribution in [-0.4, -0.2) is 45.7 Å². The Morgan fingerprint density at radius 3 is 2.73 bits per heavy atom. The van der Waals surface area contributed by atoms with Gasteiger partial charge in [-0.05, 0) is 37.3 Å². The van der Waals surface area contributed by atoms with Gasteiger partial charge in [-0.25, -0.2) is 13.1 Å². The summed E-state index contributed by atoms with van der Waals surface area (Å²) in [6.07, 6.45) is 1.39. The smallest absolute Gasteiger partial charge is 0.269 e. The van der Waals surface area contributed by atoms with Gasteiger partial charge in [0.25, 0.3) is 5.91 Å². The zero-order chi connectivity index (χ0) is 19.7. The Bertz CT molecular complexity index is 771. The third-order valence-electron chi connectivity index (χ3n) is 2.98. The van der Waals surface area contributed by atoms with Crippen LogP contribution in [0.2, 0.25) is 5.02 Å². The summed E-state index contributed by atoms with van der Waals surface area (Å²) in [6.45, 7) is 5.77. The molecule has 1 amide bonds. The lowest BCUT2D eigenvalue weighted by molar-refractivity contribution is 0.0943. The number of halogens is 1. The van der Waals surface area contributed by atoms with Crippen LogP contribution in [0.25, 0.3) is 0 Å². The summed E-state index contributed by atoms with van der Waals surface area (Å²) in [7, 11) is -2.31. The number of ether oxygens (including phenoxy) is 1. The van der Waals surface area contributed by atoms with E-state index >= 15 is 0 Å². The molecule has 0 spiro atoms. The van der Waals surface area contributed by atoms with E-state index in [1.807, 2.05) is 6.92 Å². The number of methoxy groups -OCH3 is 1. The van der Waals surface area contributed by atoms with Crippen LogP contribution < -0.4 is 20.9 Å². The SMILES string of the molecule is C=CCNS(=O)(=O)c1cc(C(=O)NNC(=S)N[C@H](C)COC)ccc1Cl. The molecule has 144 valence electrons.